The number of anilines is 1. The highest BCUT2D eigenvalue weighted by Gasteiger charge is 2.23. The Hall–Kier alpha value is -3.83. The number of carbonyl (C=O) groups excluding carboxylic acids is 1. The van der Waals surface area contributed by atoms with Crippen molar-refractivity contribution in [1.82, 2.24) is 14.8 Å². The summed E-state index contributed by atoms with van der Waals surface area (Å²) in [6.07, 6.45) is 2.04. The molecule has 0 fully saturated rings. The number of benzene rings is 2. The number of carbonyl (C=O) groups is 1. The number of hydrogen-bond donors (Lipinski definition) is 1. The normalized spacial score (nSPS) is 11.7. The zero-order valence-corrected chi connectivity index (χ0v) is 19.4. The van der Waals surface area contributed by atoms with Gasteiger partial charge >= 0.3 is 0 Å². The number of aryl methyl sites for hydroxylation is 1. The quantitative estimate of drug-likeness (QED) is 0.387. The molecule has 4 rings (SSSR count). The number of nitriles is 1. The second-order valence-electron chi connectivity index (χ2n) is 7.40. The average Bonchev–Trinajstić information content (AvgIpc) is 3.25. The Labute approximate surface area is 196 Å². The number of amides is 1. The number of thioether (sulfide) groups is 1. The first kappa shape index (κ1) is 22.4. The molecule has 0 aliphatic carbocycles. The second kappa shape index (κ2) is 9.76. The van der Waals surface area contributed by atoms with Gasteiger partial charge in [0.1, 0.15) is 22.9 Å². The summed E-state index contributed by atoms with van der Waals surface area (Å²) in [6, 6.07) is 19.3. The van der Waals surface area contributed by atoms with Crippen molar-refractivity contribution in [2.75, 3.05) is 12.4 Å². The molecule has 2 aromatic carbocycles. The smallest absolute Gasteiger partial charge is 0.239 e. The van der Waals surface area contributed by atoms with Gasteiger partial charge in [0, 0.05) is 5.39 Å². The number of pyridine rings is 1. The molecule has 1 unspecified atom stereocenters. The van der Waals surface area contributed by atoms with Gasteiger partial charge in [-0.05, 0) is 43.2 Å². The Bertz CT molecular complexity index is 1340. The van der Waals surface area contributed by atoms with Crippen molar-refractivity contribution in [1.29, 1.82) is 5.26 Å². The maximum absolute atomic E-state index is 13.2. The minimum absolute atomic E-state index is 0.212. The topological polar surface area (TPSA) is 92.8 Å². The molecule has 2 aromatic heterocycles. The third kappa shape index (κ3) is 4.54. The zero-order chi connectivity index (χ0) is 23.4. The first-order valence-electron chi connectivity index (χ1n) is 10.5. The minimum atomic E-state index is -0.408. The molecule has 0 radical (unpaired) electrons. The number of nitrogens with zero attached hydrogens (tertiary/aromatic N) is 4. The van der Waals surface area contributed by atoms with E-state index in [9.17, 15) is 10.1 Å². The van der Waals surface area contributed by atoms with Crippen LogP contribution in [0.5, 0.6) is 5.75 Å². The summed E-state index contributed by atoms with van der Waals surface area (Å²) < 4.78 is 7.04. The summed E-state index contributed by atoms with van der Waals surface area (Å²) >= 11 is 1.39. The van der Waals surface area contributed by atoms with Crippen molar-refractivity contribution in [2.24, 2.45) is 0 Å². The maximum Gasteiger partial charge on any atom is 0.239 e. The van der Waals surface area contributed by atoms with Gasteiger partial charge in [0.15, 0.2) is 5.82 Å². The van der Waals surface area contributed by atoms with E-state index < -0.39 is 5.25 Å². The first-order valence-corrected chi connectivity index (χ1v) is 11.4. The molecule has 33 heavy (non-hydrogen) atoms. The Morgan fingerprint density at radius 2 is 2.03 bits per heavy atom. The van der Waals surface area contributed by atoms with Gasteiger partial charge in [-0.2, -0.15) is 10.4 Å². The van der Waals surface area contributed by atoms with Crippen LogP contribution in [-0.2, 0) is 4.79 Å². The zero-order valence-electron chi connectivity index (χ0n) is 18.6. The predicted octanol–water partition coefficient (Wildman–Crippen LogP) is 5.12. The third-order valence-electron chi connectivity index (χ3n) is 5.26. The molecular weight excluding hydrogens is 434 g/mol. The fourth-order valence-electron chi connectivity index (χ4n) is 3.57. The van der Waals surface area contributed by atoms with Crippen LogP contribution >= 0.6 is 11.8 Å². The fraction of sp³-hybridized carbons (Fsp3) is 0.200. The molecule has 0 aliphatic rings. The standard InChI is InChI=1S/C25H23N5O2S/c1-4-21(33-22-13-16(2)19-11-8-12-20(32-3)23(19)28-22)25(31)29-24-17(14-26)15-27-30(24)18-9-6-5-7-10-18/h5-13,15,21H,4H2,1-3H3,(H,29,31). The van der Waals surface area contributed by atoms with E-state index in [1.807, 2.05) is 68.4 Å². The molecule has 0 saturated carbocycles. The van der Waals surface area contributed by atoms with Crippen LogP contribution in [0.15, 0.2) is 65.8 Å². The third-order valence-corrected chi connectivity index (χ3v) is 6.55. The van der Waals surface area contributed by atoms with Crippen molar-refractivity contribution in [3.8, 4) is 17.5 Å². The van der Waals surface area contributed by atoms with Crippen molar-refractivity contribution < 1.29 is 9.53 Å². The van der Waals surface area contributed by atoms with Gasteiger partial charge in [-0.1, -0.05) is 49.0 Å². The highest BCUT2D eigenvalue weighted by Crippen LogP contribution is 2.32. The lowest BCUT2D eigenvalue weighted by atomic mass is 10.1. The summed E-state index contributed by atoms with van der Waals surface area (Å²) in [4.78, 5) is 18.0. The molecule has 2 heterocycles. The molecule has 1 atom stereocenters. The Morgan fingerprint density at radius 3 is 2.73 bits per heavy atom. The number of para-hydroxylation sites is 2. The van der Waals surface area contributed by atoms with Crippen molar-refractivity contribution in [3.05, 3.63) is 71.9 Å². The van der Waals surface area contributed by atoms with Crippen LogP contribution in [0.4, 0.5) is 5.82 Å². The maximum atomic E-state index is 13.2. The lowest BCUT2D eigenvalue weighted by molar-refractivity contribution is -0.115. The van der Waals surface area contributed by atoms with Gasteiger partial charge in [-0.15, -0.1) is 0 Å². The summed E-state index contributed by atoms with van der Waals surface area (Å²) in [5.74, 6) is 0.842. The van der Waals surface area contributed by atoms with Gasteiger partial charge in [-0.25, -0.2) is 9.67 Å². The molecule has 4 aromatic rings. The number of ether oxygens (including phenoxy) is 1. The van der Waals surface area contributed by atoms with Crippen molar-refractivity contribution in [3.63, 3.8) is 0 Å². The van der Waals surface area contributed by atoms with E-state index in [4.69, 9.17) is 9.72 Å². The van der Waals surface area contributed by atoms with Gasteiger partial charge in [-0.3, -0.25) is 4.79 Å². The van der Waals surface area contributed by atoms with E-state index in [0.717, 1.165) is 27.2 Å². The van der Waals surface area contributed by atoms with E-state index >= 15 is 0 Å². The molecule has 0 spiro atoms. The molecule has 0 aliphatic heterocycles. The number of methoxy groups -OCH3 is 1. The van der Waals surface area contributed by atoms with Crippen LogP contribution in [0, 0.1) is 18.3 Å². The Balaban J connectivity index is 1.62. The van der Waals surface area contributed by atoms with Crippen molar-refractivity contribution >= 4 is 34.4 Å². The van der Waals surface area contributed by atoms with Crippen LogP contribution in [0.3, 0.4) is 0 Å². The summed E-state index contributed by atoms with van der Waals surface area (Å²) in [6.45, 7) is 3.97. The lowest BCUT2D eigenvalue weighted by Crippen LogP contribution is -2.26. The average molecular weight is 458 g/mol. The van der Waals surface area contributed by atoms with Crippen LogP contribution in [0.25, 0.3) is 16.6 Å². The van der Waals surface area contributed by atoms with Gasteiger partial charge in [0.25, 0.3) is 0 Å². The highest BCUT2D eigenvalue weighted by atomic mass is 32.2. The fourth-order valence-corrected chi connectivity index (χ4v) is 4.58. The monoisotopic (exact) mass is 457 g/mol. The molecule has 1 amide bonds. The largest absolute Gasteiger partial charge is 0.494 e. The van der Waals surface area contributed by atoms with Gasteiger partial charge in [0.2, 0.25) is 5.91 Å². The molecule has 8 heteroatoms. The van der Waals surface area contributed by atoms with E-state index in [-0.39, 0.29) is 5.91 Å². The van der Waals surface area contributed by atoms with Gasteiger partial charge < -0.3 is 10.1 Å². The number of fused-ring (bicyclic) bond motifs is 1. The van der Waals surface area contributed by atoms with E-state index in [2.05, 4.69) is 16.5 Å². The van der Waals surface area contributed by atoms with Crippen LogP contribution in [-0.4, -0.2) is 33.0 Å². The number of rotatable bonds is 7. The van der Waals surface area contributed by atoms with Crippen LogP contribution in [0.1, 0.15) is 24.5 Å². The highest BCUT2D eigenvalue weighted by molar-refractivity contribution is 8.00. The first-order chi connectivity index (χ1) is 16.0. The SMILES string of the molecule is CCC(Sc1cc(C)c2cccc(OC)c2n1)C(=O)Nc1c(C#N)cnn1-c1ccccc1. The number of nitrogens with one attached hydrogen (secondary N) is 1. The van der Waals surface area contributed by atoms with Crippen molar-refractivity contribution in [2.45, 2.75) is 30.5 Å². The van der Waals surface area contributed by atoms with E-state index in [0.29, 0.717) is 23.6 Å². The molecule has 0 saturated heterocycles. The minimum Gasteiger partial charge on any atom is -0.494 e. The summed E-state index contributed by atoms with van der Waals surface area (Å²) in [7, 11) is 1.62. The van der Waals surface area contributed by atoms with E-state index in [1.54, 1.807) is 11.8 Å². The molecule has 166 valence electrons. The second-order valence-corrected chi connectivity index (χ2v) is 8.63. The number of hydrogen-bond acceptors (Lipinski definition) is 6. The predicted molar refractivity (Wildman–Crippen MR) is 130 cm³/mol. The molecule has 7 nitrogen and oxygen atoms in total. The Kier molecular flexibility index (Phi) is 6.61. The molecule has 1 N–H and O–H groups in total. The van der Waals surface area contributed by atoms with Gasteiger partial charge in [0.05, 0.1) is 29.3 Å². The molecule has 0 bridgehead atoms. The van der Waals surface area contributed by atoms with Crippen LogP contribution < -0.4 is 10.1 Å². The lowest BCUT2D eigenvalue weighted by Gasteiger charge is -2.16. The Morgan fingerprint density at radius 1 is 1.24 bits per heavy atom. The molecular formula is C25H23N5O2S. The summed E-state index contributed by atoms with van der Waals surface area (Å²) in [5.41, 5.74) is 2.89. The number of aromatic nitrogens is 3. The van der Waals surface area contributed by atoms with Crippen LogP contribution in [0.2, 0.25) is 0 Å². The van der Waals surface area contributed by atoms with E-state index in [1.165, 1.54) is 18.0 Å². The summed E-state index contributed by atoms with van der Waals surface area (Å²) in [5, 5.41) is 18.1.